The number of nitrogens with zero attached hydrogens (tertiary/aromatic N) is 3. The van der Waals surface area contributed by atoms with Crippen molar-refractivity contribution in [3.05, 3.63) is 90.2 Å². The number of hydrogen-bond donors (Lipinski definition) is 1. The highest BCUT2D eigenvalue weighted by Gasteiger charge is 2.46. The molecule has 3 amide bonds. The molecule has 5 rings (SSSR count). The molecule has 1 saturated heterocycles. The van der Waals surface area contributed by atoms with Crippen LogP contribution in [0.5, 0.6) is 0 Å². The minimum Gasteiger partial charge on any atom is -0.481 e. The lowest BCUT2D eigenvalue weighted by Gasteiger charge is -2.40. The summed E-state index contributed by atoms with van der Waals surface area (Å²) in [6, 6.07) is 22.1. The first kappa shape index (κ1) is 24.5. The van der Waals surface area contributed by atoms with Crippen LogP contribution in [0.4, 0.5) is 26.2 Å². The fourth-order valence-corrected chi connectivity index (χ4v) is 5.27. The van der Waals surface area contributed by atoms with Crippen molar-refractivity contribution in [3.63, 3.8) is 0 Å². The lowest BCUT2D eigenvalue weighted by atomic mass is 9.75. The summed E-state index contributed by atoms with van der Waals surface area (Å²) in [5, 5.41) is 10.2. The van der Waals surface area contributed by atoms with E-state index in [0.717, 1.165) is 17.7 Å². The Hall–Kier alpha value is -4.20. The van der Waals surface area contributed by atoms with Crippen molar-refractivity contribution in [2.45, 2.75) is 25.7 Å². The maximum absolute atomic E-state index is 13.6. The molecule has 0 atom stereocenters. The van der Waals surface area contributed by atoms with Crippen molar-refractivity contribution in [1.82, 2.24) is 4.90 Å². The van der Waals surface area contributed by atoms with Gasteiger partial charge in [-0.1, -0.05) is 36.4 Å². The molecular weight excluding hydrogens is 473 g/mol. The molecule has 3 aromatic rings. The third kappa shape index (κ3) is 4.79. The largest absolute Gasteiger partial charge is 0.481 e. The number of hydrogen-bond acceptors (Lipinski definition) is 3. The van der Waals surface area contributed by atoms with Gasteiger partial charge in [-0.05, 0) is 67.3 Å². The van der Waals surface area contributed by atoms with Gasteiger partial charge in [0.1, 0.15) is 5.82 Å². The predicted octanol–water partition coefficient (Wildman–Crippen LogP) is 5.23. The molecule has 8 heteroatoms. The van der Waals surface area contributed by atoms with Crippen LogP contribution in [0, 0.1) is 11.2 Å². The number of piperidine rings is 1. The van der Waals surface area contributed by atoms with Crippen LogP contribution in [0.1, 0.15) is 24.8 Å². The number of halogens is 1. The minimum atomic E-state index is -1.30. The van der Waals surface area contributed by atoms with Crippen molar-refractivity contribution in [1.29, 1.82) is 0 Å². The Bertz CT molecular complexity index is 1300. The average Bonchev–Trinajstić information content (AvgIpc) is 3.35. The van der Waals surface area contributed by atoms with Gasteiger partial charge in [0.2, 0.25) is 5.91 Å². The van der Waals surface area contributed by atoms with Crippen LogP contribution in [0.2, 0.25) is 0 Å². The molecule has 2 heterocycles. The molecule has 3 aromatic carbocycles. The molecule has 2 aliphatic rings. The first-order chi connectivity index (χ1) is 17.9. The topological polar surface area (TPSA) is 81.2 Å². The molecule has 0 aliphatic carbocycles. The number of carboxylic acids is 1. The van der Waals surface area contributed by atoms with Gasteiger partial charge < -0.3 is 10.0 Å². The summed E-state index contributed by atoms with van der Waals surface area (Å²) in [5.41, 5.74) is 1.75. The fraction of sp³-hybridized carbons (Fsp3) is 0.276. The number of fused-ring (bicyclic) bond motifs is 1. The van der Waals surface area contributed by atoms with Gasteiger partial charge in [0.15, 0.2) is 0 Å². The van der Waals surface area contributed by atoms with E-state index in [4.69, 9.17) is 0 Å². The lowest BCUT2D eigenvalue weighted by Crippen LogP contribution is -2.51. The molecule has 37 heavy (non-hydrogen) atoms. The molecule has 0 bridgehead atoms. The van der Waals surface area contributed by atoms with Crippen LogP contribution < -0.4 is 9.80 Å². The Balaban J connectivity index is 1.34. The van der Waals surface area contributed by atoms with Gasteiger partial charge in [0.05, 0.1) is 5.41 Å². The van der Waals surface area contributed by atoms with Crippen LogP contribution in [-0.2, 0) is 16.0 Å². The van der Waals surface area contributed by atoms with Crippen LogP contribution in [0.3, 0.4) is 0 Å². The third-order valence-electron chi connectivity index (χ3n) is 7.40. The maximum Gasteiger partial charge on any atom is 0.324 e. The van der Waals surface area contributed by atoms with Gasteiger partial charge in [0, 0.05) is 43.1 Å². The van der Waals surface area contributed by atoms with Gasteiger partial charge in [-0.3, -0.25) is 19.4 Å². The highest BCUT2D eigenvalue weighted by atomic mass is 19.1. The van der Waals surface area contributed by atoms with Gasteiger partial charge in [0.25, 0.3) is 0 Å². The van der Waals surface area contributed by atoms with Crippen LogP contribution in [0.25, 0.3) is 0 Å². The van der Waals surface area contributed by atoms with E-state index in [0.29, 0.717) is 17.9 Å². The Morgan fingerprint density at radius 3 is 2.14 bits per heavy atom. The first-order valence-corrected chi connectivity index (χ1v) is 12.4. The van der Waals surface area contributed by atoms with Crippen molar-refractivity contribution in [2.75, 3.05) is 29.4 Å². The Morgan fingerprint density at radius 2 is 1.46 bits per heavy atom. The number of likely N-dealkylation sites (tertiary alicyclic amines) is 1. The number of urea groups is 1. The zero-order valence-electron chi connectivity index (χ0n) is 20.3. The number of anilines is 3. The monoisotopic (exact) mass is 501 g/mol. The van der Waals surface area contributed by atoms with Crippen molar-refractivity contribution < 1.29 is 23.9 Å². The van der Waals surface area contributed by atoms with Gasteiger partial charge in [-0.15, -0.1) is 0 Å². The number of para-hydroxylation sites is 2. The zero-order valence-corrected chi connectivity index (χ0v) is 20.3. The van der Waals surface area contributed by atoms with Gasteiger partial charge in [-0.2, -0.15) is 0 Å². The molecule has 190 valence electrons. The van der Waals surface area contributed by atoms with E-state index in [-0.39, 0.29) is 38.4 Å². The van der Waals surface area contributed by atoms with Gasteiger partial charge >= 0.3 is 12.0 Å². The Kier molecular flexibility index (Phi) is 6.65. The van der Waals surface area contributed by atoms with Crippen molar-refractivity contribution in [2.24, 2.45) is 5.41 Å². The summed E-state index contributed by atoms with van der Waals surface area (Å²) in [7, 11) is 0. The number of rotatable bonds is 5. The maximum atomic E-state index is 13.6. The second-order valence-corrected chi connectivity index (χ2v) is 9.60. The van der Waals surface area contributed by atoms with E-state index < -0.39 is 23.1 Å². The minimum absolute atomic E-state index is 0.132. The van der Waals surface area contributed by atoms with E-state index >= 15 is 0 Å². The van der Waals surface area contributed by atoms with Crippen LogP contribution >= 0.6 is 0 Å². The molecule has 0 spiro atoms. The molecule has 7 nitrogen and oxygen atoms in total. The fourth-order valence-electron chi connectivity index (χ4n) is 5.27. The van der Waals surface area contributed by atoms with E-state index in [2.05, 4.69) is 0 Å². The number of benzene rings is 3. The third-order valence-corrected chi connectivity index (χ3v) is 7.40. The lowest BCUT2D eigenvalue weighted by molar-refractivity contribution is -0.154. The van der Waals surface area contributed by atoms with Crippen molar-refractivity contribution >= 4 is 35.0 Å². The molecule has 1 N–H and O–H groups in total. The number of carboxylic acid groups (broad SMARTS) is 1. The second kappa shape index (κ2) is 10.0. The predicted molar refractivity (Wildman–Crippen MR) is 138 cm³/mol. The quantitative estimate of drug-likeness (QED) is 0.519. The van der Waals surface area contributed by atoms with Crippen LogP contribution in [0.15, 0.2) is 78.9 Å². The molecule has 0 aromatic heterocycles. The summed E-state index contributed by atoms with van der Waals surface area (Å²) in [6.45, 7) is 1.10. The average molecular weight is 502 g/mol. The van der Waals surface area contributed by atoms with E-state index in [1.54, 1.807) is 34.1 Å². The number of carbonyl (C=O) groups is 3. The smallest absolute Gasteiger partial charge is 0.324 e. The molecule has 0 radical (unpaired) electrons. The number of amides is 3. The molecule has 0 unspecified atom stereocenters. The summed E-state index contributed by atoms with van der Waals surface area (Å²) >= 11 is 0. The standard InChI is InChI=1S/C29H28FN3O4/c30-22-10-12-24(13-11-22)33(23-7-2-1-3-8-23)26(34)20-29(27(35)36)15-18-31(19-16-29)28(37)32-17-14-21-6-4-5-9-25(21)32/h1-13H,14-20H2,(H,35,36). The summed E-state index contributed by atoms with van der Waals surface area (Å²) in [4.78, 5) is 44.3. The molecule has 1 fully saturated rings. The van der Waals surface area contributed by atoms with E-state index in [1.807, 2.05) is 30.3 Å². The van der Waals surface area contributed by atoms with E-state index in [9.17, 15) is 23.9 Å². The van der Waals surface area contributed by atoms with Gasteiger partial charge in [-0.25, -0.2) is 9.18 Å². The van der Waals surface area contributed by atoms with Crippen molar-refractivity contribution in [3.8, 4) is 0 Å². The Morgan fingerprint density at radius 1 is 0.838 bits per heavy atom. The first-order valence-electron chi connectivity index (χ1n) is 12.4. The zero-order chi connectivity index (χ0) is 26.0. The normalized spacial score (nSPS) is 16.2. The van der Waals surface area contributed by atoms with Crippen LogP contribution in [-0.4, -0.2) is 47.5 Å². The summed E-state index contributed by atoms with van der Waals surface area (Å²) < 4.78 is 13.6. The Labute approximate surface area is 214 Å². The SMILES string of the molecule is O=C(N1CCC(CC(=O)N(c2ccccc2)c2ccc(F)cc2)(C(=O)O)CC1)N1CCc2ccccc21. The molecular formula is C29H28FN3O4. The summed E-state index contributed by atoms with van der Waals surface area (Å²) in [6.07, 6.45) is 0.897. The highest BCUT2D eigenvalue weighted by molar-refractivity contribution is 6.02. The second-order valence-electron chi connectivity index (χ2n) is 9.60. The number of aliphatic carboxylic acids is 1. The summed E-state index contributed by atoms with van der Waals surface area (Å²) in [5.74, 6) is -1.87. The number of carbonyl (C=O) groups excluding carboxylic acids is 2. The molecule has 0 saturated carbocycles. The van der Waals surface area contributed by atoms with E-state index in [1.165, 1.54) is 29.2 Å². The highest BCUT2D eigenvalue weighted by Crippen LogP contribution is 2.39. The molecule has 2 aliphatic heterocycles.